The van der Waals surface area contributed by atoms with Crippen molar-refractivity contribution >= 4 is 0 Å². The molecule has 0 amide bonds. The molecule has 2 rings (SSSR count). The zero-order chi connectivity index (χ0) is 12.9. The van der Waals surface area contributed by atoms with Gasteiger partial charge in [0, 0.05) is 0 Å². The molecule has 0 bridgehead atoms. The van der Waals surface area contributed by atoms with Gasteiger partial charge in [-0.15, -0.1) is 0 Å². The van der Waals surface area contributed by atoms with E-state index in [4.69, 9.17) is 14.2 Å². The van der Waals surface area contributed by atoms with E-state index in [1.807, 2.05) is 0 Å². The minimum atomic E-state index is 0.392. The zero-order valence-corrected chi connectivity index (χ0v) is 12.0. The maximum atomic E-state index is 5.23. The van der Waals surface area contributed by atoms with Crippen LogP contribution in [0.15, 0.2) is 0 Å². The van der Waals surface area contributed by atoms with Crippen LogP contribution in [0.2, 0.25) is 0 Å². The van der Waals surface area contributed by atoms with Crippen LogP contribution in [-0.4, -0.2) is 38.6 Å². The predicted molar refractivity (Wildman–Crippen MR) is 69.2 cm³/mol. The Labute approximate surface area is 106 Å². The lowest BCUT2D eigenvalue weighted by Gasteiger charge is -2.19. The molecule has 2 heterocycles. The van der Waals surface area contributed by atoms with Gasteiger partial charge in [0.25, 0.3) is 0 Å². The number of ether oxygens (including phenoxy) is 3. The predicted octanol–water partition coefficient (Wildman–Crippen LogP) is 2.88. The molecular formula is C14H28O3. The van der Waals surface area contributed by atoms with E-state index in [0.29, 0.717) is 17.6 Å². The smallest absolute Gasteiger partial charge is 0.104 e. The standard InChI is InChI=1S/C8H18.C6H10O3/c1-7(2)6-8(3,4)5;1(5-3-8-5)7-2-6-4-9-6/h7H,6H2,1-5H3;5-6H,1-4H2. The molecule has 2 aliphatic heterocycles. The van der Waals surface area contributed by atoms with E-state index >= 15 is 0 Å². The summed E-state index contributed by atoms with van der Waals surface area (Å²) in [7, 11) is 0. The molecule has 0 aromatic carbocycles. The maximum Gasteiger partial charge on any atom is 0.104 e. The highest BCUT2D eigenvalue weighted by Crippen LogP contribution is 2.23. The molecule has 102 valence electrons. The molecule has 3 nitrogen and oxygen atoms in total. The molecule has 0 aromatic heterocycles. The lowest BCUT2D eigenvalue weighted by atomic mass is 9.86. The second kappa shape index (κ2) is 6.72. The fourth-order valence-electron chi connectivity index (χ4n) is 1.88. The van der Waals surface area contributed by atoms with Gasteiger partial charge < -0.3 is 14.2 Å². The molecule has 2 atom stereocenters. The molecule has 2 saturated heterocycles. The average molecular weight is 244 g/mol. The molecule has 0 aromatic rings. The molecule has 0 N–H and O–H groups in total. The quantitative estimate of drug-likeness (QED) is 0.697. The third-order valence-electron chi connectivity index (χ3n) is 2.43. The fourth-order valence-corrected chi connectivity index (χ4v) is 1.88. The summed E-state index contributed by atoms with van der Waals surface area (Å²) in [4.78, 5) is 0. The molecule has 2 aliphatic rings. The Morgan fingerprint density at radius 3 is 1.65 bits per heavy atom. The SMILES string of the molecule is C(OCC1CO1)C1CO1.CC(C)CC(C)(C)C. The van der Waals surface area contributed by atoms with Gasteiger partial charge in [-0.05, 0) is 17.8 Å². The van der Waals surface area contributed by atoms with E-state index in [0.717, 1.165) is 32.3 Å². The Morgan fingerprint density at radius 1 is 1.06 bits per heavy atom. The van der Waals surface area contributed by atoms with Gasteiger partial charge >= 0.3 is 0 Å². The lowest BCUT2D eigenvalue weighted by Crippen LogP contribution is -2.08. The van der Waals surface area contributed by atoms with Crippen molar-refractivity contribution in [3.05, 3.63) is 0 Å². The Hall–Kier alpha value is -0.120. The second-order valence-corrected chi connectivity index (χ2v) is 6.61. The first kappa shape index (κ1) is 14.9. The van der Waals surface area contributed by atoms with Crippen LogP contribution >= 0.6 is 0 Å². The Bertz CT molecular complexity index is 188. The van der Waals surface area contributed by atoms with Gasteiger partial charge in [0.15, 0.2) is 0 Å². The summed E-state index contributed by atoms with van der Waals surface area (Å²) < 4.78 is 15.1. The molecule has 0 saturated carbocycles. The van der Waals surface area contributed by atoms with Gasteiger partial charge in [-0.3, -0.25) is 0 Å². The van der Waals surface area contributed by atoms with Gasteiger partial charge in [0.1, 0.15) is 12.2 Å². The summed E-state index contributed by atoms with van der Waals surface area (Å²) in [6.07, 6.45) is 2.11. The molecule has 0 spiro atoms. The van der Waals surface area contributed by atoms with E-state index in [2.05, 4.69) is 34.6 Å². The Balaban J connectivity index is 0.000000172. The van der Waals surface area contributed by atoms with Crippen LogP contribution in [0.1, 0.15) is 41.0 Å². The summed E-state index contributed by atoms with van der Waals surface area (Å²) in [5.74, 6) is 0.843. The number of rotatable bonds is 5. The van der Waals surface area contributed by atoms with E-state index < -0.39 is 0 Å². The van der Waals surface area contributed by atoms with Crippen molar-refractivity contribution in [2.24, 2.45) is 11.3 Å². The third kappa shape index (κ3) is 10.7. The monoisotopic (exact) mass is 244 g/mol. The Kier molecular flexibility index (Phi) is 5.90. The van der Waals surface area contributed by atoms with Crippen LogP contribution in [0.5, 0.6) is 0 Å². The highest BCUT2D eigenvalue weighted by Gasteiger charge is 2.26. The summed E-state index contributed by atoms with van der Waals surface area (Å²) in [6, 6.07) is 0. The topological polar surface area (TPSA) is 34.3 Å². The van der Waals surface area contributed by atoms with Crippen molar-refractivity contribution in [3.8, 4) is 0 Å². The normalized spacial score (nSPS) is 26.5. The molecule has 0 aliphatic carbocycles. The largest absolute Gasteiger partial charge is 0.376 e. The fraction of sp³-hybridized carbons (Fsp3) is 1.00. The van der Waals surface area contributed by atoms with E-state index in [-0.39, 0.29) is 0 Å². The molecule has 17 heavy (non-hydrogen) atoms. The highest BCUT2D eigenvalue weighted by molar-refractivity contribution is 4.71. The molecule has 2 unspecified atom stereocenters. The molecule has 2 fully saturated rings. The van der Waals surface area contributed by atoms with Crippen LogP contribution in [0.4, 0.5) is 0 Å². The van der Waals surface area contributed by atoms with Crippen molar-refractivity contribution < 1.29 is 14.2 Å². The molecule has 3 heteroatoms. The van der Waals surface area contributed by atoms with E-state index in [1.165, 1.54) is 6.42 Å². The van der Waals surface area contributed by atoms with Crippen molar-refractivity contribution in [1.29, 1.82) is 0 Å². The summed E-state index contributed by atoms with van der Waals surface area (Å²) in [5.41, 5.74) is 0.522. The Morgan fingerprint density at radius 2 is 1.47 bits per heavy atom. The second-order valence-electron chi connectivity index (χ2n) is 6.61. The van der Waals surface area contributed by atoms with Crippen LogP contribution in [0, 0.1) is 11.3 Å². The average Bonchev–Trinajstić information content (AvgIpc) is 2.93. The van der Waals surface area contributed by atoms with E-state index in [1.54, 1.807) is 0 Å². The van der Waals surface area contributed by atoms with Crippen LogP contribution in [-0.2, 0) is 14.2 Å². The number of epoxide rings is 2. The van der Waals surface area contributed by atoms with Crippen molar-refractivity contribution in [3.63, 3.8) is 0 Å². The first-order valence-electron chi connectivity index (χ1n) is 6.68. The van der Waals surface area contributed by atoms with Gasteiger partial charge in [0.2, 0.25) is 0 Å². The minimum Gasteiger partial charge on any atom is -0.376 e. The van der Waals surface area contributed by atoms with Crippen LogP contribution in [0.3, 0.4) is 0 Å². The lowest BCUT2D eigenvalue weighted by molar-refractivity contribution is 0.102. The first-order chi connectivity index (χ1) is 7.87. The maximum absolute atomic E-state index is 5.23. The summed E-state index contributed by atoms with van der Waals surface area (Å²) >= 11 is 0. The van der Waals surface area contributed by atoms with Crippen molar-refractivity contribution in [2.75, 3.05) is 26.4 Å². The molecular weight excluding hydrogens is 216 g/mol. The first-order valence-corrected chi connectivity index (χ1v) is 6.68. The summed E-state index contributed by atoms with van der Waals surface area (Å²) in [6.45, 7) is 14.7. The van der Waals surface area contributed by atoms with Crippen molar-refractivity contribution in [2.45, 2.75) is 53.2 Å². The highest BCUT2D eigenvalue weighted by atomic mass is 16.6. The van der Waals surface area contributed by atoms with Gasteiger partial charge in [-0.2, -0.15) is 0 Å². The number of hydrogen-bond acceptors (Lipinski definition) is 3. The summed E-state index contributed by atoms with van der Waals surface area (Å²) in [5, 5.41) is 0. The van der Waals surface area contributed by atoms with E-state index in [9.17, 15) is 0 Å². The van der Waals surface area contributed by atoms with Crippen LogP contribution < -0.4 is 0 Å². The molecule has 0 radical (unpaired) electrons. The van der Waals surface area contributed by atoms with Gasteiger partial charge in [0.05, 0.1) is 26.4 Å². The third-order valence-corrected chi connectivity index (χ3v) is 2.43. The van der Waals surface area contributed by atoms with Gasteiger partial charge in [-0.25, -0.2) is 0 Å². The van der Waals surface area contributed by atoms with Crippen molar-refractivity contribution in [1.82, 2.24) is 0 Å². The minimum absolute atomic E-state index is 0.392. The van der Waals surface area contributed by atoms with Crippen LogP contribution in [0.25, 0.3) is 0 Å². The zero-order valence-electron chi connectivity index (χ0n) is 12.0. The van der Waals surface area contributed by atoms with Gasteiger partial charge in [-0.1, -0.05) is 34.6 Å². The number of hydrogen-bond donors (Lipinski definition) is 0.